The number of rotatable bonds is 9. The zero-order valence-corrected chi connectivity index (χ0v) is 21.0. The molecule has 3 aromatic rings. The fraction of sp³-hybridized carbons (Fsp3) is 0.333. The largest absolute Gasteiger partial charge is 0.481 e. The van der Waals surface area contributed by atoms with E-state index in [9.17, 15) is 28.6 Å². The monoisotopic (exact) mass is 542 g/mol. The summed E-state index contributed by atoms with van der Waals surface area (Å²) < 4.78 is 38.4. The van der Waals surface area contributed by atoms with E-state index in [0.717, 1.165) is 30.4 Å². The van der Waals surface area contributed by atoms with Crippen molar-refractivity contribution in [3.05, 3.63) is 65.9 Å². The first-order valence-electron chi connectivity index (χ1n) is 12.3. The lowest BCUT2D eigenvalue weighted by molar-refractivity contribution is -0.143. The van der Waals surface area contributed by atoms with Crippen LogP contribution in [0.15, 0.2) is 48.7 Å². The second kappa shape index (κ2) is 12.7. The summed E-state index contributed by atoms with van der Waals surface area (Å²) in [6.07, 6.45) is 1.37. The third-order valence-corrected chi connectivity index (χ3v) is 6.26. The molecule has 0 bridgehead atoms. The number of aliphatic hydroxyl groups excluding tert-OH is 2. The molecule has 206 valence electrons. The maximum absolute atomic E-state index is 13.8. The fourth-order valence-corrected chi connectivity index (χ4v) is 4.28. The van der Waals surface area contributed by atoms with Crippen LogP contribution in [0.25, 0.3) is 17.1 Å². The fourth-order valence-electron chi connectivity index (χ4n) is 4.28. The zero-order valence-electron chi connectivity index (χ0n) is 21.0. The predicted molar refractivity (Wildman–Crippen MR) is 138 cm³/mol. The molecule has 0 radical (unpaired) electrons. The number of carbonyl (C=O) groups excluding carboxylic acids is 2. The average Bonchev–Trinajstić information content (AvgIpc) is 2.94. The Kier molecular flexibility index (Phi) is 9.12. The summed E-state index contributed by atoms with van der Waals surface area (Å²) in [7, 11) is 1.48. The number of benzene rings is 1. The second-order valence-corrected chi connectivity index (χ2v) is 9.00. The molecule has 1 aliphatic rings. The summed E-state index contributed by atoms with van der Waals surface area (Å²) in [4.78, 5) is 34.2. The Morgan fingerprint density at radius 2 is 2.05 bits per heavy atom. The van der Waals surface area contributed by atoms with Crippen LogP contribution in [0.5, 0.6) is 5.88 Å². The number of aliphatic hydroxyl groups is 2. The second-order valence-electron chi connectivity index (χ2n) is 9.00. The number of ether oxygens (including phenoxy) is 2. The minimum Gasteiger partial charge on any atom is -0.481 e. The van der Waals surface area contributed by atoms with Crippen molar-refractivity contribution in [2.24, 2.45) is 0 Å². The number of aromatic nitrogens is 2. The Balaban J connectivity index is 1.44. The number of fused-ring (bicyclic) bond motifs is 1. The van der Waals surface area contributed by atoms with Crippen molar-refractivity contribution in [1.82, 2.24) is 15.3 Å². The van der Waals surface area contributed by atoms with Crippen molar-refractivity contribution in [3.63, 3.8) is 0 Å². The van der Waals surface area contributed by atoms with Gasteiger partial charge in [-0.15, -0.1) is 0 Å². The number of carbonyl (C=O) groups is 2. The van der Waals surface area contributed by atoms with Crippen LogP contribution < -0.4 is 15.4 Å². The van der Waals surface area contributed by atoms with Gasteiger partial charge < -0.3 is 30.3 Å². The molecule has 0 spiro atoms. The number of hydrogen-bond donors (Lipinski definition) is 4. The van der Waals surface area contributed by atoms with Gasteiger partial charge in [0, 0.05) is 30.3 Å². The van der Waals surface area contributed by atoms with Crippen molar-refractivity contribution in [2.75, 3.05) is 19.0 Å². The van der Waals surface area contributed by atoms with Crippen molar-refractivity contribution in [3.8, 4) is 5.88 Å². The van der Waals surface area contributed by atoms with E-state index in [4.69, 9.17) is 9.47 Å². The molecule has 1 aromatic carbocycles. The molecule has 2 amide bonds. The summed E-state index contributed by atoms with van der Waals surface area (Å²) in [5.41, 5.74) is 1.30. The molecule has 10 nitrogen and oxygen atoms in total. The van der Waals surface area contributed by atoms with Gasteiger partial charge in [-0.05, 0) is 49.2 Å². The van der Waals surface area contributed by atoms with Crippen molar-refractivity contribution >= 4 is 34.6 Å². The molecule has 1 fully saturated rings. The van der Waals surface area contributed by atoms with Crippen LogP contribution in [-0.2, 0) is 14.3 Å². The van der Waals surface area contributed by atoms with Crippen LogP contribution in [0.2, 0.25) is 0 Å². The van der Waals surface area contributed by atoms with Gasteiger partial charge in [0.2, 0.25) is 11.8 Å². The van der Waals surface area contributed by atoms with E-state index in [1.807, 2.05) is 0 Å². The molecule has 1 aliphatic heterocycles. The Bertz CT molecular complexity index is 1370. The van der Waals surface area contributed by atoms with Gasteiger partial charge in [0.1, 0.15) is 23.3 Å². The lowest BCUT2D eigenvalue weighted by atomic mass is 9.94. The lowest BCUT2D eigenvalue weighted by Gasteiger charge is -2.37. The smallest absolute Gasteiger partial charge is 0.253 e. The Labute approximate surface area is 222 Å². The zero-order chi connectivity index (χ0) is 27.9. The average molecular weight is 543 g/mol. The minimum atomic E-state index is -1.14. The van der Waals surface area contributed by atoms with Gasteiger partial charge in [-0.25, -0.2) is 13.8 Å². The molecule has 39 heavy (non-hydrogen) atoms. The quantitative estimate of drug-likeness (QED) is 0.302. The number of anilines is 1. The number of halogens is 2. The molecule has 1 saturated heterocycles. The molecule has 12 heteroatoms. The van der Waals surface area contributed by atoms with E-state index < -0.39 is 54.4 Å². The minimum absolute atomic E-state index is 0.0512. The molecule has 4 rings (SSSR count). The number of nitrogens with one attached hydrogen (secondary N) is 2. The van der Waals surface area contributed by atoms with Gasteiger partial charge in [0.15, 0.2) is 0 Å². The van der Waals surface area contributed by atoms with E-state index in [0.29, 0.717) is 29.0 Å². The standard InChI is InChI=1S/C27H28F2N4O6/c1-38-25-9-6-20-26(33-25)21(10-11-30-20)32-27(37)22-7-5-19(23(39-22)13-17(35)14-34)31-24(36)8-2-15-12-16(28)3-4-18(15)29/h2-4,6,8-12,17,19,22-23,34-35H,5,7,13-14H2,1H3,(H,31,36)(H,30,32,37)/b8-2+/t17-,19+,22-,23+/m0/s1. The van der Waals surface area contributed by atoms with Gasteiger partial charge >= 0.3 is 0 Å². The highest BCUT2D eigenvalue weighted by Crippen LogP contribution is 2.27. The highest BCUT2D eigenvalue weighted by atomic mass is 19.1. The third kappa shape index (κ3) is 7.11. The molecular weight excluding hydrogens is 514 g/mol. The first-order chi connectivity index (χ1) is 18.8. The van der Waals surface area contributed by atoms with Crippen LogP contribution in [0.3, 0.4) is 0 Å². The topological polar surface area (TPSA) is 143 Å². The van der Waals surface area contributed by atoms with Crippen molar-refractivity contribution in [1.29, 1.82) is 0 Å². The van der Waals surface area contributed by atoms with E-state index >= 15 is 0 Å². The third-order valence-electron chi connectivity index (χ3n) is 6.26. The van der Waals surface area contributed by atoms with Crippen LogP contribution in [0.1, 0.15) is 24.8 Å². The summed E-state index contributed by atoms with van der Waals surface area (Å²) in [6, 6.07) is 7.24. The highest BCUT2D eigenvalue weighted by molar-refractivity contribution is 6.01. The number of pyridine rings is 2. The molecule has 0 unspecified atom stereocenters. The van der Waals surface area contributed by atoms with Crippen LogP contribution >= 0.6 is 0 Å². The number of amides is 2. The van der Waals surface area contributed by atoms with Gasteiger partial charge in [0.05, 0.1) is 43.2 Å². The van der Waals surface area contributed by atoms with Gasteiger partial charge in [-0.3, -0.25) is 14.6 Å². The summed E-state index contributed by atoms with van der Waals surface area (Å²) in [5.74, 6) is -2.03. The predicted octanol–water partition coefficient (Wildman–Crippen LogP) is 2.34. The van der Waals surface area contributed by atoms with Gasteiger partial charge in [0.25, 0.3) is 5.91 Å². The molecular formula is C27H28F2N4O6. The Hall–Kier alpha value is -4.00. The first-order valence-corrected chi connectivity index (χ1v) is 12.3. The van der Waals surface area contributed by atoms with E-state index in [2.05, 4.69) is 20.6 Å². The van der Waals surface area contributed by atoms with Crippen molar-refractivity contribution < 1.29 is 38.1 Å². The number of methoxy groups -OCH3 is 1. The van der Waals surface area contributed by atoms with Gasteiger partial charge in [-0.1, -0.05) is 0 Å². The Morgan fingerprint density at radius 3 is 2.82 bits per heavy atom. The van der Waals surface area contributed by atoms with Crippen LogP contribution in [0.4, 0.5) is 14.5 Å². The van der Waals surface area contributed by atoms with E-state index in [-0.39, 0.29) is 18.4 Å². The van der Waals surface area contributed by atoms with E-state index in [1.165, 1.54) is 13.3 Å². The molecule has 4 atom stereocenters. The SMILES string of the molecule is COc1ccc2nccc(NC(=O)[C@@H]3CC[C@@H](NC(=O)/C=C/c4cc(F)ccc4F)[C@@H](C[C@H](O)CO)O3)c2n1. The van der Waals surface area contributed by atoms with Crippen LogP contribution in [0, 0.1) is 11.6 Å². The van der Waals surface area contributed by atoms with E-state index in [1.54, 1.807) is 18.2 Å². The first kappa shape index (κ1) is 28.0. The molecule has 2 aromatic heterocycles. The summed E-state index contributed by atoms with van der Waals surface area (Å²) in [5, 5.41) is 24.9. The lowest BCUT2D eigenvalue weighted by Crippen LogP contribution is -2.52. The highest BCUT2D eigenvalue weighted by Gasteiger charge is 2.36. The summed E-state index contributed by atoms with van der Waals surface area (Å²) in [6.45, 7) is -0.535. The molecule has 3 heterocycles. The van der Waals surface area contributed by atoms with Gasteiger partial charge in [-0.2, -0.15) is 0 Å². The normalized spacial score (nSPS) is 20.1. The number of nitrogens with zero attached hydrogens (tertiary/aromatic N) is 2. The molecule has 4 N–H and O–H groups in total. The van der Waals surface area contributed by atoms with Crippen LogP contribution in [-0.4, -0.2) is 70.1 Å². The molecule has 0 aliphatic carbocycles. The van der Waals surface area contributed by atoms with Crippen molar-refractivity contribution in [2.45, 2.75) is 43.6 Å². The maximum Gasteiger partial charge on any atom is 0.253 e. The summed E-state index contributed by atoms with van der Waals surface area (Å²) >= 11 is 0. The molecule has 0 saturated carbocycles. The Morgan fingerprint density at radius 1 is 1.23 bits per heavy atom. The maximum atomic E-state index is 13.8. The number of hydrogen-bond acceptors (Lipinski definition) is 8.